The monoisotopic (exact) mass is 283 g/mol. The predicted molar refractivity (Wildman–Crippen MR) is 79.1 cm³/mol. The fourth-order valence-corrected chi connectivity index (χ4v) is 3.27. The maximum Gasteiger partial charge on any atom is 0.127 e. The van der Waals surface area contributed by atoms with Crippen molar-refractivity contribution in [1.29, 1.82) is 0 Å². The first kappa shape index (κ1) is 14.8. The smallest absolute Gasteiger partial charge is 0.127 e. The summed E-state index contributed by atoms with van der Waals surface area (Å²) in [5.74, 6) is 1.05. The van der Waals surface area contributed by atoms with Gasteiger partial charge in [0.15, 0.2) is 0 Å². The Kier molecular flexibility index (Phi) is 5.23. The Bertz CT molecular complexity index is 399. The molecule has 3 heteroatoms. The Morgan fingerprint density at radius 2 is 2.05 bits per heavy atom. The van der Waals surface area contributed by atoms with E-state index in [-0.39, 0.29) is 5.82 Å². The molecule has 0 aliphatic heterocycles. The van der Waals surface area contributed by atoms with Crippen molar-refractivity contribution < 1.29 is 4.39 Å². The first-order valence-electron chi connectivity index (χ1n) is 7.24. The van der Waals surface area contributed by atoms with Crippen LogP contribution in [0.25, 0.3) is 0 Å². The van der Waals surface area contributed by atoms with Crippen LogP contribution < -0.4 is 5.32 Å². The maximum atomic E-state index is 13.8. The Balaban J connectivity index is 2.01. The zero-order chi connectivity index (χ0) is 13.8. The summed E-state index contributed by atoms with van der Waals surface area (Å²) in [4.78, 5) is 0. The number of hydrogen-bond donors (Lipinski definition) is 1. The molecular weight excluding hydrogens is 261 g/mol. The second kappa shape index (κ2) is 6.71. The summed E-state index contributed by atoms with van der Waals surface area (Å²) < 4.78 is 13.8. The van der Waals surface area contributed by atoms with Gasteiger partial charge in [-0.2, -0.15) is 0 Å². The summed E-state index contributed by atoms with van der Waals surface area (Å²) in [5, 5.41) is 4.08. The molecule has 1 aliphatic carbocycles. The number of hydrogen-bond acceptors (Lipinski definition) is 1. The van der Waals surface area contributed by atoms with E-state index in [1.54, 1.807) is 12.1 Å². The van der Waals surface area contributed by atoms with Crippen LogP contribution in [0.3, 0.4) is 0 Å². The molecule has 0 saturated heterocycles. The third-order valence-corrected chi connectivity index (χ3v) is 4.49. The summed E-state index contributed by atoms with van der Waals surface area (Å²) in [7, 11) is 0. The lowest BCUT2D eigenvalue weighted by Gasteiger charge is -2.22. The van der Waals surface area contributed by atoms with Crippen molar-refractivity contribution in [3.63, 3.8) is 0 Å². The van der Waals surface area contributed by atoms with E-state index in [1.807, 2.05) is 0 Å². The Morgan fingerprint density at radius 1 is 1.32 bits per heavy atom. The summed E-state index contributed by atoms with van der Waals surface area (Å²) >= 11 is 6.13. The van der Waals surface area contributed by atoms with Crippen molar-refractivity contribution in [2.45, 2.75) is 45.6 Å². The lowest BCUT2D eigenvalue weighted by molar-refractivity contribution is 0.351. The zero-order valence-electron chi connectivity index (χ0n) is 11.8. The van der Waals surface area contributed by atoms with Gasteiger partial charge in [0, 0.05) is 16.6 Å². The van der Waals surface area contributed by atoms with Crippen molar-refractivity contribution in [1.82, 2.24) is 5.32 Å². The molecule has 1 nitrogen and oxygen atoms in total. The minimum atomic E-state index is -0.157. The van der Waals surface area contributed by atoms with Crippen LogP contribution in [-0.2, 0) is 6.42 Å². The van der Waals surface area contributed by atoms with Crippen LogP contribution in [0.4, 0.5) is 4.39 Å². The molecule has 106 valence electrons. The molecule has 1 fully saturated rings. The summed E-state index contributed by atoms with van der Waals surface area (Å²) in [6.07, 6.45) is 4.46. The molecule has 0 radical (unpaired) electrons. The fourth-order valence-electron chi connectivity index (χ4n) is 3.03. The highest BCUT2D eigenvalue weighted by Crippen LogP contribution is 2.35. The van der Waals surface area contributed by atoms with E-state index in [0.29, 0.717) is 28.5 Å². The van der Waals surface area contributed by atoms with Gasteiger partial charge in [-0.15, -0.1) is 0 Å². The molecule has 1 saturated carbocycles. The molecule has 2 atom stereocenters. The third-order valence-electron chi connectivity index (χ3n) is 4.13. The van der Waals surface area contributed by atoms with E-state index in [9.17, 15) is 4.39 Å². The second-order valence-electron chi connectivity index (χ2n) is 5.92. The largest absolute Gasteiger partial charge is 0.314 e. The highest BCUT2D eigenvalue weighted by Gasteiger charge is 2.28. The number of rotatable bonds is 5. The first-order chi connectivity index (χ1) is 9.08. The Hall–Kier alpha value is -0.600. The molecule has 0 aromatic heterocycles. The van der Waals surface area contributed by atoms with Crippen LogP contribution in [0.5, 0.6) is 0 Å². The lowest BCUT2D eigenvalue weighted by Crippen LogP contribution is -2.31. The summed E-state index contributed by atoms with van der Waals surface area (Å²) in [5.41, 5.74) is 0.700. The molecule has 1 aromatic carbocycles. The molecule has 1 aliphatic rings. The topological polar surface area (TPSA) is 12.0 Å². The molecule has 0 bridgehead atoms. The minimum Gasteiger partial charge on any atom is -0.314 e. The van der Waals surface area contributed by atoms with Gasteiger partial charge in [-0.25, -0.2) is 4.39 Å². The van der Waals surface area contributed by atoms with Gasteiger partial charge < -0.3 is 5.32 Å². The van der Waals surface area contributed by atoms with Crippen molar-refractivity contribution in [3.8, 4) is 0 Å². The molecule has 0 heterocycles. The highest BCUT2D eigenvalue weighted by molar-refractivity contribution is 6.31. The standard InChI is InChI=1S/C16H23ClFN/c1-11(2)19-10-13-6-3-5-12(13)9-14-15(17)7-4-8-16(14)18/h4,7-8,11-13,19H,3,5-6,9-10H2,1-2H3. The SMILES string of the molecule is CC(C)NCC1CCCC1Cc1c(F)cccc1Cl. The third kappa shape index (κ3) is 3.93. The van der Waals surface area contributed by atoms with Crippen LogP contribution in [0, 0.1) is 17.7 Å². The molecule has 2 unspecified atom stereocenters. The predicted octanol–water partition coefficient (Wildman–Crippen LogP) is 4.44. The van der Waals surface area contributed by atoms with Crippen molar-refractivity contribution in [3.05, 3.63) is 34.6 Å². The van der Waals surface area contributed by atoms with Crippen LogP contribution in [0.15, 0.2) is 18.2 Å². The lowest BCUT2D eigenvalue weighted by atomic mass is 9.89. The second-order valence-corrected chi connectivity index (χ2v) is 6.33. The van der Waals surface area contributed by atoms with Crippen LogP contribution >= 0.6 is 11.6 Å². The average molecular weight is 284 g/mol. The normalized spacial score (nSPS) is 23.2. The Labute approximate surface area is 120 Å². The zero-order valence-corrected chi connectivity index (χ0v) is 12.5. The molecule has 0 amide bonds. The van der Waals surface area contributed by atoms with Gasteiger partial charge in [-0.05, 0) is 49.8 Å². The van der Waals surface area contributed by atoms with Gasteiger partial charge in [0.2, 0.25) is 0 Å². The number of benzene rings is 1. The quantitative estimate of drug-likeness (QED) is 0.843. The fraction of sp³-hybridized carbons (Fsp3) is 0.625. The van der Waals surface area contributed by atoms with Crippen molar-refractivity contribution >= 4 is 11.6 Å². The van der Waals surface area contributed by atoms with E-state index < -0.39 is 0 Å². The number of nitrogens with one attached hydrogen (secondary N) is 1. The summed E-state index contributed by atoms with van der Waals surface area (Å²) in [6.45, 7) is 5.36. The van der Waals surface area contributed by atoms with Gasteiger partial charge >= 0.3 is 0 Å². The van der Waals surface area contributed by atoms with Gasteiger partial charge in [0.1, 0.15) is 5.82 Å². The molecule has 0 spiro atoms. The van der Waals surface area contributed by atoms with Crippen LogP contribution in [0.2, 0.25) is 5.02 Å². The maximum absolute atomic E-state index is 13.8. The first-order valence-corrected chi connectivity index (χ1v) is 7.62. The summed E-state index contributed by atoms with van der Waals surface area (Å²) in [6, 6.07) is 5.49. The number of halogens is 2. The van der Waals surface area contributed by atoms with E-state index in [4.69, 9.17) is 11.6 Å². The van der Waals surface area contributed by atoms with E-state index >= 15 is 0 Å². The van der Waals surface area contributed by atoms with Gasteiger partial charge in [-0.1, -0.05) is 37.9 Å². The minimum absolute atomic E-state index is 0.157. The molecule has 19 heavy (non-hydrogen) atoms. The van der Waals surface area contributed by atoms with Gasteiger partial charge in [0.25, 0.3) is 0 Å². The van der Waals surface area contributed by atoms with E-state index in [1.165, 1.54) is 25.3 Å². The van der Waals surface area contributed by atoms with Crippen LogP contribution in [-0.4, -0.2) is 12.6 Å². The van der Waals surface area contributed by atoms with Crippen molar-refractivity contribution in [2.75, 3.05) is 6.54 Å². The van der Waals surface area contributed by atoms with E-state index in [0.717, 1.165) is 13.0 Å². The Morgan fingerprint density at radius 3 is 2.74 bits per heavy atom. The molecule has 1 aromatic rings. The van der Waals surface area contributed by atoms with Gasteiger partial charge in [-0.3, -0.25) is 0 Å². The van der Waals surface area contributed by atoms with Crippen molar-refractivity contribution in [2.24, 2.45) is 11.8 Å². The average Bonchev–Trinajstić information content (AvgIpc) is 2.79. The molecule has 2 rings (SSSR count). The highest BCUT2D eigenvalue weighted by atomic mass is 35.5. The van der Waals surface area contributed by atoms with E-state index in [2.05, 4.69) is 19.2 Å². The molecule has 1 N–H and O–H groups in total. The van der Waals surface area contributed by atoms with Crippen LogP contribution in [0.1, 0.15) is 38.7 Å². The van der Waals surface area contributed by atoms with Gasteiger partial charge in [0.05, 0.1) is 0 Å². The molecular formula is C16H23ClFN.